The van der Waals surface area contributed by atoms with Crippen molar-refractivity contribution >= 4 is 41.5 Å². The van der Waals surface area contributed by atoms with Crippen LogP contribution in [0.4, 0.5) is 18.0 Å². The number of Topliss-reactive ketones (excluding diaryl/α,β-unsaturated/α-hetero) is 1. The van der Waals surface area contributed by atoms with Gasteiger partial charge in [0.1, 0.15) is 23.4 Å². The van der Waals surface area contributed by atoms with Crippen LogP contribution in [0.2, 0.25) is 5.04 Å². The molecule has 11 heteroatoms. The number of likely N-dealkylation sites (tertiary alicyclic amines) is 1. The van der Waals surface area contributed by atoms with Crippen LogP contribution in [0.15, 0.2) is 97.1 Å². The first-order valence-electron chi connectivity index (χ1n) is 19.7. The van der Waals surface area contributed by atoms with E-state index < -0.39 is 55.6 Å². The number of ketones is 1. The molecule has 57 heavy (non-hydrogen) atoms. The van der Waals surface area contributed by atoms with Gasteiger partial charge in [0.05, 0.1) is 18.6 Å². The van der Waals surface area contributed by atoms with E-state index in [-0.39, 0.29) is 48.4 Å². The fourth-order valence-corrected chi connectivity index (χ4v) is 13.3. The standard InChI is InChI=1S/C46H52F3N3O4Si/c1-29-22-36-35-20-14-15-21-39(35)50-41(36)42(40-37(48)23-30(24-38(40)49)43(53)31-25-51(26-31)44(54)56-45(2,3)4)52(29)27-32(47)28-55-57(46(5,6)7,33-16-10-8-11-17-33)34-18-12-9-13-19-34/h8-21,23-24,29,31-32,42,50H,22,25-28H2,1-7H3/t29-,32?,42-/m1/s1. The van der Waals surface area contributed by atoms with Crippen molar-refractivity contribution in [2.75, 3.05) is 26.2 Å². The van der Waals surface area contributed by atoms with Crippen LogP contribution in [0.5, 0.6) is 0 Å². The zero-order valence-electron chi connectivity index (χ0n) is 33.7. The first-order chi connectivity index (χ1) is 27.0. The lowest BCUT2D eigenvalue weighted by molar-refractivity contribution is 0.00145. The topological polar surface area (TPSA) is 74.9 Å². The Labute approximate surface area is 334 Å². The summed E-state index contributed by atoms with van der Waals surface area (Å²) >= 11 is 0. The Balaban J connectivity index is 1.20. The molecule has 1 N–H and O–H groups in total. The largest absolute Gasteiger partial charge is 0.444 e. The van der Waals surface area contributed by atoms with Gasteiger partial charge in [0.25, 0.3) is 8.32 Å². The minimum absolute atomic E-state index is 0.0962. The molecule has 1 fully saturated rings. The highest BCUT2D eigenvalue weighted by atomic mass is 28.4. The van der Waals surface area contributed by atoms with Crippen LogP contribution in [0.1, 0.15) is 81.7 Å². The van der Waals surface area contributed by atoms with Crippen LogP contribution in [-0.2, 0) is 15.6 Å². The van der Waals surface area contributed by atoms with Crippen LogP contribution in [0, 0.1) is 17.6 Å². The lowest BCUT2D eigenvalue weighted by Gasteiger charge is -2.44. The molecular weight excluding hydrogens is 744 g/mol. The molecule has 300 valence electrons. The monoisotopic (exact) mass is 795 g/mol. The summed E-state index contributed by atoms with van der Waals surface area (Å²) in [7, 11) is -3.07. The third-order valence-electron chi connectivity index (χ3n) is 11.4. The number of amides is 1. The lowest BCUT2D eigenvalue weighted by Crippen LogP contribution is -2.67. The predicted octanol–water partition coefficient (Wildman–Crippen LogP) is 8.75. The minimum atomic E-state index is -3.07. The molecule has 0 saturated carbocycles. The number of halogens is 3. The molecule has 4 aromatic carbocycles. The molecule has 0 bridgehead atoms. The number of nitrogens with zero attached hydrogens (tertiary/aromatic N) is 2. The number of hydrogen-bond acceptors (Lipinski definition) is 5. The molecule has 2 aliphatic heterocycles. The highest BCUT2D eigenvalue weighted by Crippen LogP contribution is 2.43. The van der Waals surface area contributed by atoms with Crippen molar-refractivity contribution in [3.8, 4) is 0 Å². The van der Waals surface area contributed by atoms with Gasteiger partial charge in [-0.05, 0) is 73.3 Å². The quantitative estimate of drug-likeness (QED) is 0.113. The van der Waals surface area contributed by atoms with Crippen molar-refractivity contribution in [1.82, 2.24) is 14.8 Å². The molecule has 0 spiro atoms. The highest BCUT2D eigenvalue weighted by Gasteiger charge is 2.51. The average Bonchev–Trinajstić information content (AvgIpc) is 3.49. The second kappa shape index (κ2) is 15.6. The molecule has 1 aromatic heterocycles. The van der Waals surface area contributed by atoms with E-state index >= 15 is 13.2 Å². The van der Waals surface area contributed by atoms with Crippen LogP contribution >= 0.6 is 0 Å². The second-order valence-electron chi connectivity index (χ2n) is 17.6. The third-order valence-corrected chi connectivity index (χ3v) is 16.4. The van der Waals surface area contributed by atoms with Gasteiger partial charge < -0.3 is 19.0 Å². The van der Waals surface area contributed by atoms with E-state index in [2.05, 4.69) is 50.0 Å². The number of fused-ring (bicyclic) bond motifs is 3. The molecule has 0 radical (unpaired) electrons. The Morgan fingerprint density at radius 3 is 1.98 bits per heavy atom. The van der Waals surface area contributed by atoms with Gasteiger partial charge in [0, 0.05) is 53.4 Å². The minimum Gasteiger partial charge on any atom is -0.444 e. The van der Waals surface area contributed by atoms with Crippen LogP contribution in [-0.4, -0.2) is 79.0 Å². The van der Waals surface area contributed by atoms with Crippen molar-refractivity contribution in [2.24, 2.45) is 5.92 Å². The Bertz CT molecular complexity index is 2180. The Morgan fingerprint density at radius 2 is 1.42 bits per heavy atom. The number of aromatic amines is 1. The summed E-state index contributed by atoms with van der Waals surface area (Å²) in [5.74, 6) is -2.86. The molecule has 3 atom stereocenters. The molecule has 1 unspecified atom stereocenters. The zero-order valence-corrected chi connectivity index (χ0v) is 34.7. The van der Waals surface area contributed by atoms with E-state index in [4.69, 9.17) is 9.16 Å². The third kappa shape index (κ3) is 7.81. The molecule has 7 nitrogen and oxygen atoms in total. The van der Waals surface area contributed by atoms with Crippen molar-refractivity contribution < 1.29 is 31.9 Å². The maximum Gasteiger partial charge on any atom is 0.410 e. The van der Waals surface area contributed by atoms with E-state index in [1.54, 1.807) is 20.8 Å². The predicted molar refractivity (Wildman–Crippen MR) is 220 cm³/mol. The van der Waals surface area contributed by atoms with Crippen molar-refractivity contribution in [2.45, 2.75) is 83.8 Å². The summed E-state index contributed by atoms with van der Waals surface area (Å²) < 4.78 is 62.4. The van der Waals surface area contributed by atoms with Crippen molar-refractivity contribution in [3.05, 3.63) is 131 Å². The number of para-hydroxylation sites is 1. The van der Waals surface area contributed by atoms with E-state index in [9.17, 15) is 9.59 Å². The number of aromatic nitrogens is 1. The van der Waals surface area contributed by atoms with Gasteiger partial charge in [-0.2, -0.15) is 0 Å². The second-order valence-corrected chi connectivity index (χ2v) is 21.9. The van der Waals surface area contributed by atoms with E-state index in [1.165, 1.54) is 4.90 Å². The van der Waals surface area contributed by atoms with Gasteiger partial charge in [0.2, 0.25) is 0 Å². The van der Waals surface area contributed by atoms with Crippen LogP contribution < -0.4 is 10.4 Å². The summed E-state index contributed by atoms with van der Waals surface area (Å²) in [5.41, 5.74) is 1.28. The van der Waals surface area contributed by atoms with Gasteiger partial charge in [-0.3, -0.25) is 9.69 Å². The summed E-state index contributed by atoms with van der Waals surface area (Å²) in [6.07, 6.45) is -1.52. The fraction of sp³-hybridized carbons (Fsp3) is 0.391. The molecule has 7 rings (SSSR count). The number of alkyl halides is 1. The number of benzene rings is 4. The molecule has 5 aromatic rings. The van der Waals surface area contributed by atoms with E-state index in [0.717, 1.165) is 39.0 Å². The molecule has 0 aliphatic carbocycles. The SMILES string of the molecule is C[C@@H]1Cc2c([nH]c3ccccc23)[C@@H](c2c(F)cc(C(=O)C3CN(C(=O)OC(C)(C)C)C3)cc2F)N1CC(F)CO[Si](c1ccccc1)(c1ccccc1)C(C)(C)C. The van der Waals surface area contributed by atoms with Gasteiger partial charge in [-0.25, -0.2) is 18.0 Å². The average molecular weight is 796 g/mol. The first kappa shape index (κ1) is 40.5. The maximum absolute atomic E-state index is 16.8. The fourth-order valence-electron chi connectivity index (χ4n) is 8.70. The normalized spacial score (nSPS) is 18.6. The number of hydrogen-bond donors (Lipinski definition) is 1. The van der Waals surface area contributed by atoms with Gasteiger partial charge in [-0.1, -0.05) is 99.6 Å². The molecular formula is C46H52F3N3O4Si. The van der Waals surface area contributed by atoms with Crippen LogP contribution in [0.25, 0.3) is 10.9 Å². The highest BCUT2D eigenvalue weighted by molar-refractivity contribution is 6.99. The van der Waals surface area contributed by atoms with E-state index in [1.807, 2.05) is 72.5 Å². The molecule has 3 heterocycles. The van der Waals surface area contributed by atoms with Gasteiger partial charge in [-0.15, -0.1) is 0 Å². The molecule has 2 aliphatic rings. The Hall–Kier alpha value is -4.71. The summed E-state index contributed by atoms with van der Waals surface area (Å²) in [4.78, 5) is 32.6. The molecule has 1 amide bonds. The first-order valence-corrected chi connectivity index (χ1v) is 21.6. The lowest BCUT2D eigenvalue weighted by atomic mass is 9.86. The van der Waals surface area contributed by atoms with Gasteiger partial charge >= 0.3 is 6.09 Å². The van der Waals surface area contributed by atoms with Crippen LogP contribution in [0.3, 0.4) is 0 Å². The van der Waals surface area contributed by atoms with E-state index in [0.29, 0.717) is 12.1 Å². The smallest absolute Gasteiger partial charge is 0.410 e. The zero-order chi connectivity index (χ0) is 40.9. The number of ether oxygens (including phenoxy) is 1. The Morgan fingerprint density at radius 1 is 0.860 bits per heavy atom. The molecule has 1 saturated heterocycles. The van der Waals surface area contributed by atoms with Crippen molar-refractivity contribution in [3.63, 3.8) is 0 Å². The maximum atomic E-state index is 16.8. The van der Waals surface area contributed by atoms with Gasteiger partial charge in [0.15, 0.2) is 5.78 Å². The summed E-state index contributed by atoms with van der Waals surface area (Å²) in [6, 6.07) is 28.6. The number of H-pyrrole nitrogens is 1. The van der Waals surface area contributed by atoms with Crippen molar-refractivity contribution in [1.29, 1.82) is 0 Å². The number of rotatable bonds is 10. The number of carbonyl (C=O) groups is 2. The number of carbonyl (C=O) groups excluding carboxylic acids is 2. The number of nitrogens with one attached hydrogen (secondary N) is 1. The summed E-state index contributed by atoms with van der Waals surface area (Å²) in [5, 5.41) is 2.64. The Kier molecular flexibility index (Phi) is 11.1. The summed E-state index contributed by atoms with van der Waals surface area (Å²) in [6.45, 7) is 13.4.